The first-order chi connectivity index (χ1) is 22.0. The number of benzene rings is 4. The molecule has 7 rings (SSSR count). The van der Waals surface area contributed by atoms with Gasteiger partial charge in [0, 0.05) is 16.7 Å². The number of aryl methyl sites for hydroxylation is 3. The summed E-state index contributed by atoms with van der Waals surface area (Å²) < 4.78 is 0. The van der Waals surface area contributed by atoms with Crippen LogP contribution in [-0.4, -0.2) is 17.7 Å². The van der Waals surface area contributed by atoms with Crippen LogP contribution >= 0.6 is 0 Å². The van der Waals surface area contributed by atoms with Gasteiger partial charge in [0.05, 0.1) is 18.1 Å². The van der Waals surface area contributed by atoms with Crippen LogP contribution in [0.3, 0.4) is 0 Å². The van der Waals surface area contributed by atoms with Crippen molar-refractivity contribution in [2.45, 2.75) is 75.9 Å². The molecule has 3 amide bonds. The van der Waals surface area contributed by atoms with Crippen LogP contribution in [0.15, 0.2) is 91.0 Å². The second-order valence-corrected chi connectivity index (χ2v) is 12.7. The topological polar surface area (TPSA) is 87.3 Å². The van der Waals surface area contributed by atoms with E-state index in [1.54, 1.807) is 18.2 Å². The molecule has 6 heteroatoms. The lowest BCUT2D eigenvalue weighted by Gasteiger charge is -2.27. The van der Waals surface area contributed by atoms with Gasteiger partial charge in [0.1, 0.15) is 0 Å². The molecule has 3 aliphatic carbocycles. The predicted octanol–water partition coefficient (Wildman–Crippen LogP) is 7.11. The van der Waals surface area contributed by atoms with Crippen LogP contribution < -0.4 is 16.0 Å². The normalized spacial score (nSPS) is 20.1. The largest absolute Gasteiger partial charge is 0.345 e. The lowest BCUT2D eigenvalue weighted by atomic mass is 9.87. The zero-order valence-electron chi connectivity index (χ0n) is 25.5. The smallest absolute Gasteiger partial charge is 0.251 e. The molecule has 0 spiro atoms. The fourth-order valence-corrected chi connectivity index (χ4v) is 7.46. The first kappa shape index (κ1) is 29.0. The van der Waals surface area contributed by atoms with Crippen LogP contribution in [-0.2, 0) is 19.3 Å². The maximum Gasteiger partial charge on any atom is 0.251 e. The summed E-state index contributed by atoms with van der Waals surface area (Å²) in [7, 11) is 0. The number of amides is 3. The standard InChI is InChI=1S/C39H39N3O3/c43-37(40-34-19-7-13-25-10-1-4-16-31(25)34)28-22-29(38(44)41-35-20-8-14-26-11-2-5-17-32(26)35)24-30(23-28)39(45)42-36-21-9-15-27-12-3-6-18-33(27)36/h1-6,10-12,16-18,22-24,34-36H,7-9,13-15,19-21H2,(H,40,43)(H,41,44)(H,42,45). The Bertz CT molecular complexity index is 1550. The molecule has 6 nitrogen and oxygen atoms in total. The predicted molar refractivity (Wildman–Crippen MR) is 175 cm³/mol. The molecule has 0 aromatic heterocycles. The minimum Gasteiger partial charge on any atom is -0.345 e. The number of carbonyl (C=O) groups is 3. The zero-order valence-corrected chi connectivity index (χ0v) is 25.5. The molecular formula is C39H39N3O3. The van der Waals surface area contributed by atoms with Gasteiger partial charge in [-0.05, 0) is 109 Å². The Hall–Kier alpha value is -4.71. The monoisotopic (exact) mass is 597 g/mol. The van der Waals surface area contributed by atoms with E-state index in [-0.39, 0.29) is 35.8 Å². The van der Waals surface area contributed by atoms with Crippen LogP contribution in [0, 0.1) is 0 Å². The molecule has 0 heterocycles. The van der Waals surface area contributed by atoms with Gasteiger partial charge in [0.2, 0.25) is 0 Å². The van der Waals surface area contributed by atoms with E-state index < -0.39 is 0 Å². The Morgan fingerprint density at radius 1 is 0.444 bits per heavy atom. The van der Waals surface area contributed by atoms with E-state index in [1.807, 2.05) is 36.4 Å². The third-order valence-corrected chi connectivity index (χ3v) is 9.74. The molecule has 3 unspecified atom stereocenters. The zero-order chi connectivity index (χ0) is 30.8. The second-order valence-electron chi connectivity index (χ2n) is 12.7. The van der Waals surface area contributed by atoms with Gasteiger partial charge < -0.3 is 16.0 Å². The highest BCUT2D eigenvalue weighted by atomic mass is 16.2. The van der Waals surface area contributed by atoms with Gasteiger partial charge in [0.15, 0.2) is 0 Å². The third kappa shape index (κ3) is 6.15. The van der Waals surface area contributed by atoms with Crippen molar-refractivity contribution >= 4 is 17.7 Å². The summed E-state index contributed by atoms with van der Waals surface area (Å²) in [5.41, 5.74) is 8.09. The van der Waals surface area contributed by atoms with Crippen LogP contribution in [0.1, 0.15) is 121 Å². The van der Waals surface area contributed by atoms with E-state index in [4.69, 9.17) is 0 Å². The number of fused-ring (bicyclic) bond motifs is 3. The third-order valence-electron chi connectivity index (χ3n) is 9.74. The molecule has 3 atom stereocenters. The number of nitrogens with one attached hydrogen (secondary N) is 3. The lowest BCUT2D eigenvalue weighted by Crippen LogP contribution is -2.34. The average Bonchev–Trinajstić information content (AvgIpc) is 3.08. The Balaban J connectivity index is 1.18. The van der Waals surface area contributed by atoms with E-state index in [0.717, 1.165) is 74.5 Å². The van der Waals surface area contributed by atoms with Crippen molar-refractivity contribution in [2.75, 3.05) is 0 Å². The van der Waals surface area contributed by atoms with E-state index in [2.05, 4.69) is 52.3 Å². The van der Waals surface area contributed by atoms with Gasteiger partial charge in [0.25, 0.3) is 17.7 Å². The Morgan fingerprint density at radius 3 is 1.04 bits per heavy atom. The summed E-state index contributed by atoms with van der Waals surface area (Å²) in [5.74, 6) is -0.857. The van der Waals surface area contributed by atoms with E-state index in [9.17, 15) is 14.4 Å². The van der Waals surface area contributed by atoms with E-state index in [1.165, 1.54) is 16.7 Å². The molecule has 3 aliphatic rings. The average molecular weight is 598 g/mol. The highest BCUT2D eigenvalue weighted by Crippen LogP contribution is 2.32. The maximum absolute atomic E-state index is 13.8. The highest BCUT2D eigenvalue weighted by Gasteiger charge is 2.27. The second kappa shape index (κ2) is 12.7. The highest BCUT2D eigenvalue weighted by molar-refractivity contribution is 6.04. The van der Waals surface area contributed by atoms with Crippen molar-refractivity contribution < 1.29 is 14.4 Å². The molecule has 0 saturated carbocycles. The van der Waals surface area contributed by atoms with Crippen LogP contribution in [0.4, 0.5) is 0 Å². The van der Waals surface area contributed by atoms with Gasteiger partial charge in [-0.3, -0.25) is 14.4 Å². The van der Waals surface area contributed by atoms with Crippen molar-refractivity contribution in [3.05, 3.63) is 141 Å². The van der Waals surface area contributed by atoms with Crippen LogP contribution in [0.25, 0.3) is 0 Å². The molecule has 4 aromatic rings. The van der Waals surface area contributed by atoms with Crippen LogP contribution in [0.5, 0.6) is 0 Å². The van der Waals surface area contributed by atoms with Crippen molar-refractivity contribution in [2.24, 2.45) is 0 Å². The molecule has 228 valence electrons. The Labute approximate surface area is 264 Å². The van der Waals surface area contributed by atoms with E-state index >= 15 is 0 Å². The number of hydrogen-bond acceptors (Lipinski definition) is 3. The fourth-order valence-electron chi connectivity index (χ4n) is 7.46. The lowest BCUT2D eigenvalue weighted by molar-refractivity contribution is 0.0932. The van der Waals surface area contributed by atoms with Crippen molar-refractivity contribution in [3.8, 4) is 0 Å². The quantitative estimate of drug-likeness (QED) is 0.221. The summed E-state index contributed by atoms with van der Waals surface area (Å²) in [5, 5.41) is 9.63. The molecular weight excluding hydrogens is 558 g/mol. The number of rotatable bonds is 6. The number of hydrogen-bond donors (Lipinski definition) is 3. The summed E-state index contributed by atoms with van der Waals surface area (Å²) in [4.78, 5) is 41.4. The van der Waals surface area contributed by atoms with Crippen LogP contribution in [0.2, 0.25) is 0 Å². The van der Waals surface area contributed by atoms with Crippen molar-refractivity contribution in [3.63, 3.8) is 0 Å². The molecule has 0 bridgehead atoms. The minimum absolute atomic E-state index is 0.116. The maximum atomic E-state index is 13.8. The van der Waals surface area contributed by atoms with Gasteiger partial charge in [-0.1, -0.05) is 72.8 Å². The summed E-state index contributed by atoms with van der Waals surface area (Å²) >= 11 is 0. The molecule has 0 saturated heterocycles. The first-order valence-electron chi connectivity index (χ1n) is 16.3. The summed E-state index contributed by atoms with van der Waals surface area (Å²) in [6.07, 6.45) is 8.50. The summed E-state index contributed by atoms with van der Waals surface area (Å²) in [6, 6.07) is 29.2. The minimum atomic E-state index is -0.286. The number of carbonyl (C=O) groups excluding carboxylic acids is 3. The van der Waals surface area contributed by atoms with Gasteiger partial charge in [-0.15, -0.1) is 0 Å². The van der Waals surface area contributed by atoms with Crippen molar-refractivity contribution in [1.29, 1.82) is 0 Å². The fraction of sp³-hybridized carbons (Fsp3) is 0.308. The van der Waals surface area contributed by atoms with Gasteiger partial charge >= 0.3 is 0 Å². The SMILES string of the molecule is O=C(NC1CCCc2ccccc21)c1cc(C(=O)NC2CCCc3ccccc32)cc(C(=O)NC2CCCc3ccccc32)c1. The van der Waals surface area contributed by atoms with E-state index in [0.29, 0.717) is 16.7 Å². The van der Waals surface area contributed by atoms with Crippen molar-refractivity contribution in [1.82, 2.24) is 16.0 Å². The molecule has 0 radical (unpaired) electrons. The molecule has 0 aliphatic heterocycles. The van der Waals surface area contributed by atoms with Gasteiger partial charge in [-0.25, -0.2) is 0 Å². The Kier molecular flexibility index (Phi) is 8.21. The molecule has 4 aromatic carbocycles. The molecule has 45 heavy (non-hydrogen) atoms. The molecule has 3 N–H and O–H groups in total. The first-order valence-corrected chi connectivity index (χ1v) is 16.3. The Morgan fingerprint density at radius 2 is 0.733 bits per heavy atom. The summed E-state index contributed by atoms with van der Waals surface area (Å²) in [6.45, 7) is 0. The van der Waals surface area contributed by atoms with Gasteiger partial charge in [-0.2, -0.15) is 0 Å². The molecule has 0 fully saturated rings.